The van der Waals surface area contributed by atoms with Crippen molar-refractivity contribution in [2.24, 2.45) is 0 Å². The fourth-order valence-corrected chi connectivity index (χ4v) is 2.47. The smallest absolute Gasteiger partial charge is 0.157 e. The second-order valence-electron chi connectivity index (χ2n) is 4.41. The van der Waals surface area contributed by atoms with Crippen LogP contribution in [-0.4, -0.2) is 28.2 Å². The van der Waals surface area contributed by atoms with Gasteiger partial charge in [-0.1, -0.05) is 48.2 Å². The summed E-state index contributed by atoms with van der Waals surface area (Å²) in [6.45, 7) is -0.382. The fraction of sp³-hybridized carbons (Fsp3) is 0.176. The van der Waals surface area contributed by atoms with Gasteiger partial charge in [0.2, 0.25) is 0 Å². The number of aliphatic hydroxyl groups excluding tert-OH is 1. The van der Waals surface area contributed by atoms with E-state index in [0.717, 1.165) is 10.5 Å². The van der Waals surface area contributed by atoms with E-state index in [4.69, 9.17) is 0 Å². The molecule has 2 aromatic carbocycles. The van der Waals surface area contributed by atoms with E-state index in [2.05, 4.69) is 11.8 Å². The first-order valence-electron chi connectivity index (χ1n) is 6.31. The lowest BCUT2D eigenvalue weighted by Gasteiger charge is -2.18. The van der Waals surface area contributed by atoms with Crippen LogP contribution in [0.15, 0.2) is 65.6 Å². The van der Waals surface area contributed by atoms with Gasteiger partial charge in [-0.3, -0.25) is 0 Å². The molecule has 0 saturated carbocycles. The highest BCUT2D eigenvalue weighted by Crippen LogP contribution is 2.22. The first-order chi connectivity index (χ1) is 9.72. The molecule has 0 radical (unpaired) electrons. The molecule has 0 amide bonds. The van der Waals surface area contributed by atoms with Crippen molar-refractivity contribution in [1.29, 1.82) is 0 Å². The van der Waals surface area contributed by atoms with Crippen LogP contribution in [0.25, 0.3) is 0 Å². The minimum Gasteiger partial charge on any atom is -0.392 e. The van der Waals surface area contributed by atoms with Gasteiger partial charge in [-0.05, 0) is 24.3 Å². The molecule has 1 atom stereocenters. The summed E-state index contributed by atoms with van der Waals surface area (Å²) in [6.07, 6.45) is 0. The number of rotatable bonds is 4. The monoisotopic (exact) mass is 284 g/mol. The molecule has 0 aromatic heterocycles. The van der Waals surface area contributed by atoms with Gasteiger partial charge >= 0.3 is 0 Å². The lowest BCUT2D eigenvalue weighted by atomic mass is 10.1. The molecule has 0 bridgehead atoms. The second kappa shape index (κ2) is 7.16. The molecular weight excluding hydrogens is 268 g/mol. The van der Waals surface area contributed by atoms with Crippen molar-refractivity contribution >= 4 is 11.8 Å². The summed E-state index contributed by atoms with van der Waals surface area (Å²) in [5.41, 5.74) is -0.569. The van der Waals surface area contributed by atoms with Crippen LogP contribution in [0, 0.1) is 11.8 Å². The molecule has 2 rings (SSSR count). The molecule has 20 heavy (non-hydrogen) atoms. The number of thioether (sulfide) groups is 1. The average molecular weight is 284 g/mol. The topological polar surface area (TPSA) is 40.5 Å². The zero-order valence-electron chi connectivity index (χ0n) is 11.0. The third kappa shape index (κ3) is 4.43. The number of hydrogen-bond donors (Lipinski definition) is 2. The van der Waals surface area contributed by atoms with E-state index in [0.29, 0.717) is 5.75 Å². The van der Waals surface area contributed by atoms with Crippen molar-refractivity contribution in [2.45, 2.75) is 10.5 Å². The van der Waals surface area contributed by atoms with E-state index in [1.54, 1.807) is 0 Å². The Morgan fingerprint density at radius 1 is 0.950 bits per heavy atom. The highest BCUT2D eigenvalue weighted by Gasteiger charge is 2.23. The van der Waals surface area contributed by atoms with Gasteiger partial charge in [0.15, 0.2) is 5.60 Å². The molecule has 2 nitrogen and oxygen atoms in total. The Morgan fingerprint density at radius 3 is 2.15 bits per heavy atom. The Kier molecular flexibility index (Phi) is 5.25. The zero-order chi connectivity index (χ0) is 14.3. The Bertz CT molecular complexity index is 587. The van der Waals surface area contributed by atoms with Gasteiger partial charge in [-0.25, -0.2) is 0 Å². The summed E-state index contributed by atoms with van der Waals surface area (Å²) in [7, 11) is 0. The van der Waals surface area contributed by atoms with Crippen LogP contribution in [0.4, 0.5) is 0 Å². The summed E-state index contributed by atoms with van der Waals surface area (Å²) < 4.78 is 0. The van der Waals surface area contributed by atoms with Crippen LogP contribution in [0.1, 0.15) is 5.56 Å². The standard InChI is InChI=1S/C17H16O2S/c18-13-17(19,12-11-15-7-3-1-4-8-15)14-20-16-9-5-2-6-10-16/h1-10,18-19H,13-14H2/t17-/m1/s1. The zero-order valence-corrected chi connectivity index (χ0v) is 11.8. The van der Waals surface area contributed by atoms with Crippen molar-refractivity contribution in [2.75, 3.05) is 12.4 Å². The van der Waals surface area contributed by atoms with Gasteiger partial charge in [0.1, 0.15) is 0 Å². The largest absolute Gasteiger partial charge is 0.392 e. The van der Waals surface area contributed by atoms with Crippen LogP contribution >= 0.6 is 11.8 Å². The van der Waals surface area contributed by atoms with E-state index >= 15 is 0 Å². The molecule has 102 valence electrons. The van der Waals surface area contributed by atoms with Crippen LogP contribution in [0.2, 0.25) is 0 Å². The normalized spacial score (nSPS) is 13.1. The molecule has 0 saturated heterocycles. The van der Waals surface area contributed by atoms with E-state index < -0.39 is 5.60 Å². The summed E-state index contributed by atoms with van der Waals surface area (Å²) >= 11 is 1.47. The van der Waals surface area contributed by atoms with Crippen LogP contribution in [0.5, 0.6) is 0 Å². The van der Waals surface area contributed by atoms with Crippen molar-refractivity contribution < 1.29 is 10.2 Å². The van der Waals surface area contributed by atoms with Crippen molar-refractivity contribution in [3.05, 3.63) is 66.2 Å². The van der Waals surface area contributed by atoms with E-state index in [9.17, 15) is 10.2 Å². The summed E-state index contributed by atoms with van der Waals surface area (Å²) in [6, 6.07) is 19.2. The van der Waals surface area contributed by atoms with Crippen molar-refractivity contribution in [3.63, 3.8) is 0 Å². The SMILES string of the molecule is OC[C@](O)(C#Cc1ccccc1)CSc1ccccc1. The molecule has 2 N–H and O–H groups in total. The van der Waals surface area contributed by atoms with Crippen LogP contribution in [-0.2, 0) is 0 Å². The highest BCUT2D eigenvalue weighted by atomic mass is 32.2. The molecule has 0 fully saturated rings. The summed E-state index contributed by atoms with van der Waals surface area (Å²) in [5.74, 6) is 5.99. The molecule has 0 aliphatic carbocycles. The maximum absolute atomic E-state index is 10.3. The van der Waals surface area contributed by atoms with E-state index in [1.807, 2.05) is 60.7 Å². The first-order valence-corrected chi connectivity index (χ1v) is 7.30. The Morgan fingerprint density at radius 2 is 1.55 bits per heavy atom. The Hall–Kier alpha value is -1.73. The summed E-state index contributed by atoms with van der Waals surface area (Å²) in [4.78, 5) is 1.04. The van der Waals surface area contributed by atoms with Crippen LogP contribution < -0.4 is 0 Å². The van der Waals surface area contributed by atoms with Gasteiger partial charge < -0.3 is 10.2 Å². The lowest BCUT2D eigenvalue weighted by Crippen LogP contribution is -2.34. The van der Waals surface area contributed by atoms with E-state index in [1.165, 1.54) is 11.8 Å². The molecular formula is C17H16O2S. The molecule has 0 aliphatic rings. The quantitative estimate of drug-likeness (QED) is 0.669. The number of benzene rings is 2. The fourth-order valence-electron chi connectivity index (χ4n) is 1.55. The number of hydrogen-bond acceptors (Lipinski definition) is 3. The molecule has 0 heterocycles. The van der Waals surface area contributed by atoms with E-state index in [-0.39, 0.29) is 6.61 Å². The highest BCUT2D eigenvalue weighted by molar-refractivity contribution is 7.99. The predicted octanol–water partition coefficient (Wildman–Crippen LogP) is 2.55. The third-order valence-electron chi connectivity index (χ3n) is 2.70. The van der Waals surface area contributed by atoms with Crippen molar-refractivity contribution in [1.82, 2.24) is 0 Å². The van der Waals surface area contributed by atoms with Crippen molar-refractivity contribution in [3.8, 4) is 11.8 Å². The molecule has 2 aromatic rings. The van der Waals surface area contributed by atoms with Gasteiger partial charge in [0.05, 0.1) is 6.61 Å². The Balaban J connectivity index is 2.04. The lowest BCUT2D eigenvalue weighted by molar-refractivity contribution is 0.0559. The Labute approximate surface area is 123 Å². The molecule has 0 spiro atoms. The van der Waals surface area contributed by atoms with Gasteiger partial charge in [-0.2, -0.15) is 0 Å². The van der Waals surface area contributed by atoms with Gasteiger partial charge in [-0.15, -0.1) is 11.8 Å². The first kappa shape index (κ1) is 14.7. The average Bonchev–Trinajstić information content (AvgIpc) is 2.53. The molecule has 0 unspecified atom stereocenters. The third-order valence-corrected chi connectivity index (χ3v) is 3.92. The van der Waals surface area contributed by atoms with Crippen LogP contribution in [0.3, 0.4) is 0 Å². The van der Waals surface area contributed by atoms with Gasteiger partial charge in [0, 0.05) is 16.2 Å². The minimum atomic E-state index is -1.39. The minimum absolute atomic E-state index is 0.327. The molecule has 0 aliphatic heterocycles. The maximum atomic E-state index is 10.3. The second-order valence-corrected chi connectivity index (χ2v) is 5.46. The maximum Gasteiger partial charge on any atom is 0.157 e. The summed E-state index contributed by atoms with van der Waals surface area (Å²) in [5, 5.41) is 19.7. The number of aliphatic hydroxyl groups is 2. The van der Waals surface area contributed by atoms with Gasteiger partial charge in [0.25, 0.3) is 0 Å². The predicted molar refractivity (Wildman–Crippen MR) is 82.5 cm³/mol. The molecule has 3 heteroatoms.